The second-order valence-electron chi connectivity index (χ2n) is 9.57. The van der Waals surface area contributed by atoms with Crippen LogP contribution in [0.25, 0.3) is 5.78 Å². The van der Waals surface area contributed by atoms with Crippen molar-refractivity contribution in [3.63, 3.8) is 0 Å². The van der Waals surface area contributed by atoms with E-state index in [2.05, 4.69) is 25.3 Å². The predicted molar refractivity (Wildman–Crippen MR) is 156 cm³/mol. The van der Waals surface area contributed by atoms with Crippen molar-refractivity contribution in [3.8, 4) is 5.75 Å². The third kappa shape index (κ3) is 6.54. The van der Waals surface area contributed by atoms with Crippen LogP contribution in [0.15, 0.2) is 48.7 Å². The maximum atomic E-state index is 12.5. The number of anilines is 2. The zero-order chi connectivity index (χ0) is 30.0. The van der Waals surface area contributed by atoms with Gasteiger partial charge in [-0.15, -0.1) is 0 Å². The molecule has 3 heterocycles. The van der Waals surface area contributed by atoms with Crippen LogP contribution in [0, 0.1) is 0 Å². The lowest BCUT2D eigenvalue weighted by molar-refractivity contribution is -0.118. The molecule has 1 aliphatic heterocycles. The van der Waals surface area contributed by atoms with E-state index in [0.717, 1.165) is 24.5 Å². The summed E-state index contributed by atoms with van der Waals surface area (Å²) in [6.07, 6.45) is 3.25. The lowest BCUT2D eigenvalue weighted by Crippen LogP contribution is -2.27. The molecular weight excluding hydrogens is 558 g/mol. The van der Waals surface area contributed by atoms with E-state index in [1.165, 1.54) is 23.3 Å². The van der Waals surface area contributed by atoms with Gasteiger partial charge in [0, 0.05) is 18.7 Å². The van der Waals surface area contributed by atoms with Gasteiger partial charge in [-0.2, -0.15) is 4.98 Å². The van der Waals surface area contributed by atoms with Gasteiger partial charge >= 0.3 is 11.9 Å². The Balaban J connectivity index is 0.000000238. The highest BCUT2D eigenvalue weighted by atomic mass is 16.5. The summed E-state index contributed by atoms with van der Waals surface area (Å²) in [6, 6.07) is 12.0. The summed E-state index contributed by atoms with van der Waals surface area (Å²) >= 11 is 0. The molecule has 2 amide bonds. The number of nitrogen functional groups attached to an aromatic ring is 1. The topological polar surface area (TPSA) is 213 Å². The van der Waals surface area contributed by atoms with E-state index < -0.39 is 11.9 Å². The van der Waals surface area contributed by atoms with Crippen LogP contribution in [0.5, 0.6) is 5.75 Å². The minimum Gasteiger partial charge on any atom is -0.482 e. The summed E-state index contributed by atoms with van der Waals surface area (Å²) in [5, 5.41) is 14.7. The molecule has 0 unspecified atom stereocenters. The molecule has 0 radical (unpaired) electrons. The molecule has 2 aliphatic rings. The largest absolute Gasteiger partial charge is 0.482 e. The third-order valence-corrected chi connectivity index (χ3v) is 6.73. The van der Waals surface area contributed by atoms with Crippen LogP contribution in [0.2, 0.25) is 0 Å². The van der Waals surface area contributed by atoms with Crippen molar-refractivity contribution in [2.24, 2.45) is 5.73 Å². The molecule has 43 heavy (non-hydrogen) atoms. The van der Waals surface area contributed by atoms with E-state index in [1.807, 2.05) is 12.1 Å². The van der Waals surface area contributed by atoms with Crippen LogP contribution >= 0.6 is 0 Å². The number of nitrogens with zero attached hydrogens (tertiary/aromatic N) is 3. The fraction of sp³-hybridized carbons (Fsp3) is 0.241. The number of nitrogens with one attached hydrogen (secondary N) is 2. The first-order valence-electron chi connectivity index (χ1n) is 12.8. The summed E-state index contributed by atoms with van der Waals surface area (Å²) < 4.78 is 11.1. The second kappa shape index (κ2) is 12.6. The fourth-order valence-corrected chi connectivity index (χ4v) is 4.67. The van der Waals surface area contributed by atoms with E-state index in [1.54, 1.807) is 24.3 Å². The van der Waals surface area contributed by atoms with Gasteiger partial charge in [0.1, 0.15) is 23.0 Å². The van der Waals surface area contributed by atoms with Gasteiger partial charge in [0.2, 0.25) is 5.78 Å². The molecular formula is C29H31N7O7. The first kappa shape index (κ1) is 30.5. The number of fused-ring (bicyclic) bond motifs is 3. The Bertz CT molecular complexity index is 1730. The first-order chi connectivity index (χ1) is 20.1. The van der Waals surface area contributed by atoms with Gasteiger partial charge in [0.15, 0.2) is 6.61 Å². The molecule has 14 nitrogen and oxygen atoms in total. The number of nitrogens with two attached hydrogens (primary N) is 2. The number of aromatic nitrogens is 3. The number of methoxy groups -OCH3 is 1. The summed E-state index contributed by atoms with van der Waals surface area (Å²) in [5.74, 6) is -1.72. The predicted octanol–water partition coefficient (Wildman–Crippen LogP) is 2.33. The van der Waals surface area contributed by atoms with E-state index in [4.69, 9.17) is 16.2 Å². The quantitative estimate of drug-likeness (QED) is 0.213. The van der Waals surface area contributed by atoms with Crippen molar-refractivity contribution in [1.29, 1.82) is 0 Å². The van der Waals surface area contributed by atoms with E-state index >= 15 is 0 Å². The Morgan fingerprint density at radius 3 is 2.72 bits per heavy atom. The molecule has 7 N–H and O–H groups in total. The number of hydrogen-bond donors (Lipinski definition) is 5. The number of ether oxygens (including phenoxy) is 2. The second-order valence-corrected chi connectivity index (χ2v) is 9.57. The molecule has 6 rings (SSSR count). The van der Waals surface area contributed by atoms with Crippen LogP contribution < -0.4 is 26.8 Å². The van der Waals surface area contributed by atoms with Gasteiger partial charge < -0.3 is 36.7 Å². The van der Waals surface area contributed by atoms with Crippen molar-refractivity contribution in [1.82, 2.24) is 19.7 Å². The summed E-state index contributed by atoms with van der Waals surface area (Å²) in [4.78, 5) is 54.5. The number of carboxylic acids is 1. The summed E-state index contributed by atoms with van der Waals surface area (Å²) in [6.45, 7) is 0.0925. The number of carbonyl (C=O) groups is 4. The molecule has 0 bridgehead atoms. The Morgan fingerprint density at radius 2 is 1.98 bits per heavy atom. The van der Waals surface area contributed by atoms with Crippen LogP contribution in [0.3, 0.4) is 0 Å². The number of carboxylic acid groups (broad SMARTS) is 1. The molecule has 4 aromatic rings. The number of aromatic carboxylic acids is 1. The number of amides is 2. The van der Waals surface area contributed by atoms with Crippen molar-refractivity contribution in [2.75, 3.05) is 24.8 Å². The van der Waals surface area contributed by atoms with E-state index in [-0.39, 0.29) is 61.5 Å². The van der Waals surface area contributed by atoms with Gasteiger partial charge in [-0.1, -0.05) is 19.6 Å². The zero-order valence-electron chi connectivity index (χ0n) is 22.4. The number of rotatable bonds is 5. The third-order valence-electron chi connectivity index (χ3n) is 6.73. The first-order valence-corrected chi connectivity index (χ1v) is 12.8. The molecule has 0 fully saturated rings. The number of aryl methyl sites for hydroxylation is 1. The minimum atomic E-state index is -1.25. The molecule has 0 saturated heterocycles. The Kier molecular flexibility index (Phi) is 8.90. The van der Waals surface area contributed by atoms with Gasteiger partial charge in [-0.25, -0.2) is 14.6 Å². The molecule has 0 saturated carbocycles. The SMILES string of the molecule is C.COC(=O)c1ccc2c(c1)CC[C@@H]2N.Nc1cn2c(C(=O)O)cc(C(=O)NCc3ccc4c(c3)NC(=O)CO4)nc2n1. The van der Waals surface area contributed by atoms with Crippen LogP contribution in [-0.4, -0.2) is 56.9 Å². The normalized spacial score (nSPS) is 14.6. The van der Waals surface area contributed by atoms with Crippen molar-refractivity contribution < 1.29 is 33.8 Å². The van der Waals surface area contributed by atoms with Gasteiger partial charge in [-0.3, -0.25) is 14.0 Å². The van der Waals surface area contributed by atoms with Gasteiger partial charge in [0.05, 0.1) is 24.6 Å². The van der Waals surface area contributed by atoms with Crippen LogP contribution in [0.1, 0.15) is 67.9 Å². The molecule has 224 valence electrons. The smallest absolute Gasteiger partial charge is 0.353 e. The monoisotopic (exact) mass is 589 g/mol. The molecule has 2 aromatic heterocycles. The maximum absolute atomic E-state index is 12.5. The number of benzene rings is 2. The summed E-state index contributed by atoms with van der Waals surface area (Å²) in [5.41, 5.74) is 15.4. The lowest BCUT2D eigenvalue weighted by Gasteiger charge is -2.18. The minimum absolute atomic E-state index is 0. The molecule has 0 spiro atoms. The fourth-order valence-electron chi connectivity index (χ4n) is 4.67. The Morgan fingerprint density at radius 1 is 1.19 bits per heavy atom. The average molecular weight is 590 g/mol. The van der Waals surface area contributed by atoms with Crippen molar-refractivity contribution in [3.05, 3.63) is 82.3 Å². The molecule has 14 heteroatoms. The summed E-state index contributed by atoms with van der Waals surface area (Å²) in [7, 11) is 1.39. The van der Waals surface area contributed by atoms with Crippen molar-refractivity contribution >= 4 is 41.0 Å². The zero-order valence-corrected chi connectivity index (χ0v) is 22.4. The van der Waals surface area contributed by atoms with Gasteiger partial charge in [-0.05, 0) is 53.8 Å². The number of carbonyl (C=O) groups excluding carboxylic acids is 3. The van der Waals surface area contributed by atoms with Crippen LogP contribution in [-0.2, 0) is 22.5 Å². The highest BCUT2D eigenvalue weighted by Crippen LogP contribution is 2.30. The number of hydrogen-bond acceptors (Lipinski definition) is 10. The molecule has 2 aromatic carbocycles. The van der Waals surface area contributed by atoms with Crippen molar-refractivity contribution in [2.45, 2.75) is 32.9 Å². The number of esters is 1. The standard InChI is InChI=1S/C17H14N6O5.C11H13NO2.CH4/c18-13-6-23-11(16(26)27)4-10(21-17(23)22-13)15(25)19-5-8-1-2-12-9(3-8)20-14(24)7-28-12;1-14-11(13)8-2-4-9-7(6-8)3-5-10(9)12;/h1-4,6H,5,7,18H2,(H,19,25)(H,20,24)(H,26,27);2,4,6,10H,3,5,12H2,1H3;1H4/t;10-;/m.0./s1. The van der Waals surface area contributed by atoms with Gasteiger partial charge in [0.25, 0.3) is 11.8 Å². The van der Waals surface area contributed by atoms with E-state index in [9.17, 15) is 24.3 Å². The van der Waals surface area contributed by atoms with E-state index in [0.29, 0.717) is 22.6 Å². The average Bonchev–Trinajstić information content (AvgIpc) is 3.55. The Hall–Kier alpha value is -5.50. The highest BCUT2D eigenvalue weighted by molar-refractivity contribution is 5.97. The highest BCUT2D eigenvalue weighted by Gasteiger charge is 2.21. The lowest BCUT2D eigenvalue weighted by atomic mass is 10.1. The maximum Gasteiger partial charge on any atom is 0.353 e. The Labute approximate surface area is 246 Å². The number of imidazole rings is 1. The molecule has 1 atom stereocenters. The molecule has 1 aliphatic carbocycles. The van der Waals surface area contributed by atoms with Crippen LogP contribution in [0.4, 0.5) is 11.5 Å².